The predicted octanol–water partition coefficient (Wildman–Crippen LogP) is 1.87. The highest BCUT2D eigenvalue weighted by molar-refractivity contribution is 5.89. The molecule has 0 radical (unpaired) electrons. The Labute approximate surface area is 138 Å². The number of hydrogen-bond acceptors (Lipinski definition) is 3. The van der Waals surface area contributed by atoms with Gasteiger partial charge in [-0.25, -0.2) is 0 Å². The van der Waals surface area contributed by atoms with E-state index in [1.165, 1.54) is 0 Å². The molecule has 0 spiro atoms. The van der Waals surface area contributed by atoms with Crippen LogP contribution in [0.1, 0.15) is 25.8 Å². The molecule has 0 aliphatic carbocycles. The van der Waals surface area contributed by atoms with Crippen LogP contribution in [0.15, 0.2) is 24.3 Å². The van der Waals surface area contributed by atoms with Crippen LogP contribution in [-0.4, -0.2) is 43.9 Å². The molecule has 5 nitrogen and oxygen atoms in total. The molecule has 2 amide bonds. The standard InChI is InChI=1S/C18H27N3O2/c1-13(2)11-21-12-15(9-17(21)22)18(23)19-10-14-5-7-16(8-6-14)20(3)4/h5-8,13,15H,9-12H2,1-4H3,(H,19,23). The average molecular weight is 317 g/mol. The Morgan fingerprint density at radius 1 is 1.30 bits per heavy atom. The van der Waals surface area contributed by atoms with Crippen molar-refractivity contribution in [3.63, 3.8) is 0 Å². The molecular formula is C18H27N3O2. The molecule has 5 heteroatoms. The van der Waals surface area contributed by atoms with Crippen LogP contribution in [0.2, 0.25) is 0 Å². The summed E-state index contributed by atoms with van der Waals surface area (Å²) in [6, 6.07) is 8.09. The first-order valence-corrected chi connectivity index (χ1v) is 8.18. The molecule has 1 aromatic rings. The number of carbonyl (C=O) groups is 2. The zero-order valence-corrected chi connectivity index (χ0v) is 14.5. The van der Waals surface area contributed by atoms with Gasteiger partial charge in [0.05, 0.1) is 5.92 Å². The zero-order chi connectivity index (χ0) is 17.0. The molecule has 0 bridgehead atoms. The van der Waals surface area contributed by atoms with Gasteiger partial charge >= 0.3 is 0 Å². The molecule has 126 valence electrons. The second-order valence-electron chi connectivity index (χ2n) is 6.87. The van der Waals surface area contributed by atoms with Crippen LogP contribution in [0.25, 0.3) is 0 Å². The second-order valence-corrected chi connectivity index (χ2v) is 6.87. The first kappa shape index (κ1) is 17.3. The summed E-state index contributed by atoms with van der Waals surface area (Å²) in [6.45, 7) is 5.94. The number of amides is 2. The molecular weight excluding hydrogens is 290 g/mol. The third-order valence-corrected chi connectivity index (χ3v) is 4.09. The Kier molecular flexibility index (Phi) is 5.64. The summed E-state index contributed by atoms with van der Waals surface area (Å²) in [5.74, 6) is 0.272. The van der Waals surface area contributed by atoms with Crippen molar-refractivity contribution < 1.29 is 9.59 Å². The SMILES string of the molecule is CC(C)CN1CC(C(=O)NCc2ccc(N(C)C)cc2)CC1=O. The Bertz CT molecular complexity index is 552. The van der Waals surface area contributed by atoms with Crippen molar-refractivity contribution in [3.05, 3.63) is 29.8 Å². The summed E-state index contributed by atoms with van der Waals surface area (Å²) in [5.41, 5.74) is 2.19. The highest BCUT2D eigenvalue weighted by Crippen LogP contribution is 2.19. The number of likely N-dealkylation sites (tertiary alicyclic amines) is 1. The van der Waals surface area contributed by atoms with Crippen LogP contribution < -0.4 is 10.2 Å². The lowest BCUT2D eigenvalue weighted by atomic mass is 10.1. The summed E-state index contributed by atoms with van der Waals surface area (Å²) < 4.78 is 0. The van der Waals surface area contributed by atoms with Gasteiger partial charge in [-0.05, 0) is 23.6 Å². The number of benzene rings is 1. The maximum absolute atomic E-state index is 12.3. The van der Waals surface area contributed by atoms with Crippen molar-refractivity contribution in [2.24, 2.45) is 11.8 Å². The maximum atomic E-state index is 12.3. The minimum atomic E-state index is -0.220. The van der Waals surface area contributed by atoms with Crippen LogP contribution in [-0.2, 0) is 16.1 Å². The first-order valence-electron chi connectivity index (χ1n) is 8.18. The molecule has 0 saturated carbocycles. The number of carbonyl (C=O) groups excluding carboxylic acids is 2. The molecule has 1 atom stereocenters. The summed E-state index contributed by atoms with van der Waals surface area (Å²) >= 11 is 0. The van der Waals surface area contributed by atoms with Gasteiger partial charge in [-0.15, -0.1) is 0 Å². The fourth-order valence-corrected chi connectivity index (χ4v) is 2.81. The minimum absolute atomic E-state index is 0.0266. The van der Waals surface area contributed by atoms with Crippen molar-refractivity contribution >= 4 is 17.5 Å². The van der Waals surface area contributed by atoms with Crippen molar-refractivity contribution in [2.75, 3.05) is 32.1 Å². The zero-order valence-electron chi connectivity index (χ0n) is 14.5. The molecule has 2 rings (SSSR count). The summed E-state index contributed by atoms with van der Waals surface area (Å²) in [7, 11) is 3.99. The van der Waals surface area contributed by atoms with Crippen molar-refractivity contribution in [2.45, 2.75) is 26.8 Å². The van der Waals surface area contributed by atoms with E-state index in [4.69, 9.17) is 0 Å². The monoisotopic (exact) mass is 317 g/mol. The normalized spacial score (nSPS) is 17.7. The number of hydrogen-bond donors (Lipinski definition) is 1. The molecule has 1 saturated heterocycles. The van der Waals surface area contributed by atoms with E-state index in [9.17, 15) is 9.59 Å². The molecule has 1 N–H and O–H groups in total. The van der Waals surface area contributed by atoms with E-state index < -0.39 is 0 Å². The van der Waals surface area contributed by atoms with Gasteiger partial charge in [0, 0.05) is 45.8 Å². The minimum Gasteiger partial charge on any atom is -0.378 e. The number of nitrogens with one attached hydrogen (secondary N) is 1. The van der Waals surface area contributed by atoms with E-state index >= 15 is 0 Å². The number of rotatable bonds is 6. The summed E-state index contributed by atoms with van der Waals surface area (Å²) in [5, 5.41) is 2.95. The van der Waals surface area contributed by atoms with Gasteiger partial charge in [0.25, 0.3) is 0 Å². The van der Waals surface area contributed by atoms with E-state index in [2.05, 4.69) is 19.2 Å². The molecule has 1 aromatic carbocycles. The van der Waals surface area contributed by atoms with Gasteiger partial charge in [0.2, 0.25) is 11.8 Å². The Morgan fingerprint density at radius 3 is 2.52 bits per heavy atom. The van der Waals surface area contributed by atoms with Crippen LogP contribution in [0.5, 0.6) is 0 Å². The van der Waals surface area contributed by atoms with Crippen LogP contribution >= 0.6 is 0 Å². The fraction of sp³-hybridized carbons (Fsp3) is 0.556. The quantitative estimate of drug-likeness (QED) is 0.871. The van der Waals surface area contributed by atoms with Gasteiger partial charge in [0.1, 0.15) is 0 Å². The highest BCUT2D eigenvalue weighted by Gasteiger charge is 2.34. The van der Waals surface area contributed by atoms with E-state index in [0.29, 0.717) is 25.4 Å². The average Bonchev–Trinajstić information content (AvgIpc) is 2.85. The van der Waals surface area contributed by atoms with Gasteiger partial charge < -0.3 is 15.1 Å². The summed E-state index contributed by atoms with van der Waals surface area (Å²) in [4.78, 5) is 28.1. The van der Waals surface area contributed by atoms with Gasteiger partial charge in [-0.2, -0.15) is 0 Å². The molecule has 23 heavy (non-hydrogen) atoms. The van der Waals surface area contributed by atoms with Crippen LogP contribution in [0.4, 0.5) is 5.69 Å². The molecule has 1 unspecified atom stereocenters. The van der Waals surface area contributed by atoms with Crippen molar-refractivity contribution in [3.8, 4) is 0 Å². The summed E-state index contributed by atoms with van der Waals surface area (Å²) in [6.07, 6.45) is 0.331. The van der Waals surface area contributed by atoms with E-state index in [1.807, 2.05) is 43.3 Å². The molecule has 1 fully saturated rings. The Morgan fingerprint density at radius 2 is 1.96 bits per heavy atom. The number of nitrogens with zero attached hydrogens (tertiary/aromatic N) is 2. The van der Waals surface area contributed by atoms with E-state index in [1.54, 1.807) is 4.90 Å². The van der Waals surface area contributed by atoms with Crippen LogP contribution in [0.3, 0.4) is 0 Å². The maximum Gasteiger partial charge on any atom is 0.225 e. The van der Waals surface area contributed by atoms with E-state index in [-0.39, 0.29) is 17.7 Å². The Balaban J connectivity index is 1.84. The largest absolute Gasteiger partial charge is 0.378 e. The molecule has 1 aliphatic heterocycles. The van der Waals surface area contributed by atoms with E-state index in [0.717, 1.165) is 17.8 Å². The lowest BCUT2D eigenvalue weighted by Gasteiger charge is -2.18. The fourth-order valence-electron chi connectivity index (χ4n) is 2.81. The highest BCUT2D eigenvalue weighted by atomic mass is 16.2. The predicted molar refractivity (Wildman–Crippen MR) is 92.1 cm³/mol. The topological polar surface area (TPSA) is 52.7 Å². The van der Waals surface area contributed by atoms with Crippen molar-refractivity contribution in [1.29, 1.82) is 0 Å². The lowest BCUT2D eigenvalue weighted by Crippen LogP contribution is -2.33. The molecule has 0 aromatic heterocycles. The first-order chi connectivity index (χ1) is 10.9. The smallest absolute Gasteiger partial charge is 0.225 e. The van der Waals surface area contributed by atoms with Gasteiger partial charge in [-0.3, -0.25) is 9.59 Å². The molecule has 1 heterocycles. The Hall–Kier alpha value is -2.04. The second kappa shape index (κ2) is 7.49. The van der Waals surface area contributed by atoms with Crippen LogP contribution in [0, 0.1) is 11.8 Å². The number of anilines is 1. The molecule has 1 aliphatic rings. The lowest BCUT2D eigenvalue weighted by molar-refractivity contribution is -0.129. The third kappa shape index (κ3) is 4.71. The third-order valence-electron chi connectivity index (χ3n) is 4.09. The van der Waals surface area contributed by atoms with Gasteiger partial charge in [0.15, 0.2) is 0 Å². The van der Waals surface area contributed by atoms with Crippen molar-refractivity contribution in [1.82, 2.24) is 10.2 Å². The van der Waals surface area contributed by atoms with Gasteiger partial charge in [-0.1, -0.05) is 26.0 Å².